The molecule has 3 aromatic rings. The van der Waals surface area contributed by atoms with E-state index >= 15 is 0 Å². The molecule has 0 aliphatic carbocycles. The number of rotatable bonds is 5. The van der Waals surface area contributed by atoms with Crippen LogP contribution in [0.5, 0.6) is 0 Å². The van der Waals surface area contributed by atoms with Gasteiger partial charge < -0.3 is 10.6 Å². The topological polar surface area (TPSA) is 86.9 Å². The van der Waals surface area contributed by atoms with E-state index in [1.807, 2.05) is 0 Å². The Bertz CT molecular complexity index is 924. The molecule has 0 fully saturated rings. The third kappa shape index (κ3) is 3.77. The van der Waals surface area contributed by atoms with Crippen molar-refractivity contribution in [1.82, 2.24) is 10.2 Å². The molecule has 6 nitrogen and oxygen atoms in total. The van der Waals surface area contributed by atoms with Crippen molar-refractivity contribution in [2.45, 2.75) is 6.42 Å². The molecule has 1 heterocycles. The van der Waals surface area contributed by atoms with Crippen LogP contribution in [0, 0.1) is 5.82 Å². The molecule has 1 aromatic heterocycles. The number of H-pyrrole nitrogens is 1. The average molecular weight is 361 g/mol. The lowest BCUT2D eigenvalue weighted by molar-refractivity contribution is -0.115. The third-order valence-corrected chi connectivity index (χ3v) is 3.69. The fourth-order valence-electron chi connectivity index (χ4n) is 2.36. The molecule has 2 amide bonds. The van der Waals surface area contributed by atoms with Crippen molar-refractivity contribution in [3.8, 4) is 0 Å². The van der Waals surface area contributed by atoms with Crippen LogP contribution in [0.4, 0.5) is 15.8 Å². The molecule has 0 atom stereocenters. The van der Waals surface area contributed by atoms with Crippen LogP contribution in [0.25, 0.3) is 10.9 Å². The van der Waals surface area contributed by atoms with Gasteiger partial charge in [-0.25, -0.2) is 4.39 Å². The van der Waals surface area contributed by atoms with Gasteiger partial charge in [-0.1, -0.05) is 6.07 Å². The number of hydrogen-bond acceptors (Lipinski definition) is 3. The number of benzene rings is 2. The molecule has 3 N–H and O–H groups in total. The SMILES string of the molecule is O=C(CCCl)Nc1cccc2[nH]nc(C(=O)Nc3ccc(F)cc3)c12. The van der Waals surface area contributed by atoms with Crippen LogP contribution < -0.4 is 10.6 Å². The molecule has 2 aromatic carbocycles. The van der Waals surface area contributed by atoms with Crippen LogP contribution in [0.2, 0.25) is 0 Å². The quantitative estimate of drug-likeness (QED) is 0.608. The first-order valence-corrected chi connectivity index (χ1v) is 8.02. The van der Waals surface area contributed by atoms with E-state index < -0.39 is 11.7 Å². The Morgan fingerprint density at radius 3 is 2.60 bits per heavy atom. The highest BCUT2D eigenvalue weighted by Crippen LogP contribution is 2.26. The van der Waals surface area contributed by atoms with E-state index in [2.05, 4.69) is 20.8 Å². The number of amides is 2. The highest BCUT2D eigenvalue weighted by molar-refractivity contribution is 6.20. The van der Waals surface area contributed by atoms with E-state index in [-0.39, 0.29) is 23.9 Å². The molecule has 3 rings (SSSR count). The highest BCUT2D eigenvalue weighted by Gasteiger charge is 2.18. The van der Waals surface area contributed by atoms with E-state index in [0.29, 0.717) is 22.3 Å². The van der Waals surface area contributed by atoms with Crippen LogP contribution in [0.15, 0.2) is 42.5 Å². The molecule has 8 heteroatoms. The monoisotopic (exact) mass is 360 g/mol. The Morgan fingerprint density at radius 1 is 1.12 bits per heavy atom. The summed E-state index contributed by atoms with van der Waals surface area (Å²) >= 11 is 5.57. The second-order valence-corrected chi connectivity index (χ2v) is 5.63. The Balaban J connectivity index is 1.91. The summed E-state index contributed by atoms with van der Waals surface area (Å²) in [4.78, 5) is 24.3. The molecule has 0 unspecified atom stereocenters. The maximum absolute atomic E-state index is 13.0. The summed E-state index contributed by atoms with van der Waals surface area (Å²) in [5, 5.41) is 12.7. The zero-order valence-electron chi connectivity index (χ0n) is 13.0. The summed E-state index contributed by atoms with van der Waals surface area (Å²) in [6.45, 7) is 0. The largest absolute Gasteiger partial charge is 0.325 e. The molecular weight excluding hydrogens is 347 g/mol. The molecule has 0 spiro atoms. The van der Waals surface area contributed by atoms with Gasteiger partial charge in [-0.3, -0.25) is 14.7 Å². The normalized spacial score (nSPS) is 10.6. The molecule has 0 bridgehead atoms. The van der Waals surface area contributed by atoms with Crippen LogP contribution in [0.1, 0.15) is 16.9 Å². The first kappa shape index (κ1) is 16.9. The third-order valence-electron chi connectivity index (χ3n) is 3.50. The summed E-state index contributed by atoms with van der Waals surface area (Å²) in [7, 11) is 0. The van der Waals surface area contributed by atoms with E-state index in [1.54, 1.807) is 18.2 Å². The van der Waals surface area contributed by atoms with Gasteiger partial charge in [0, 0.05) is 18.0 Å². The van der Waals surface area contributed by atoms with Crippen molar-refractivity contribution in [3.63, 3.8) is 0 Å². The number of alkyl halides is 1. The maximum Gasteiger partial charge on any atom is 0.276 e. The van der Waals surface area contributed by atoms with Crippen molar-refractivity contribution >= 4 is 45.7 Å². The van der Waals surface area contributed by atoms with E-state index in [1.165, 1.54) is 24.3 Å². The molecular formula is C17H14ClFN4O2. The predicted octanol–water partition coefficient (Wildman–Crippen LogP) is 3.52. The highest BCUT2D eigenvalue weighted by atomic mass is 35.5. The molecule has 0 aliphatic heterocycles. The lowest BCUT2D eigenvalue weighted by Gasteiger charge is -2.07. The maximum atomic E-state index is 13.0. The summed E-state index contributed by atoms with van der Waals surface area (Å²) < 4.78 is 13.0. The Labute approximate surface area is 147 Å². The molecule has 0 saturated carbocycles. The molecule has 128 valence electrons. The Hall–Kier alpha value is -2.93. The van der Waals surface area contributed by atoms with E-state index in [0.717, 1.165) is 0 Å². The van der Waals surface area contributed by atoms with Crippen LogP contribution in [-0.4, -0.2) is 27.9 Å². The summed E-state index contributed by atoms with van der Waals surface area (Å²) in [5.41, 5.74) is 1.63. The smallest absolute Gasteiger partial charge is 0.276 e. The van der Waals surface area contributed by atoms with Gasteiger partial charge in [0.1, 0.15) is 5.82 Å². The number of aromatic nitrogens is 2. The minimum Gasteiger partial charge on any atom is -0.325 e. The fourth-order valence-corrected chi connectivity index (χ4v) is 2.53. The molecule has 0 aliphatic rings. The Morgan fingerprint density at radius 2 is 1.88 bits per heavy atom. The average Bonchev–Trinajstić information content (AvgIpc) is 3.02. The first-order valence-electron chi connectivity index (χ1n) is 7.48. The number of anilines is 2. The number of carbonyl (C=O) groups excluding carboxylic acids is 2. The van der Waals surface area contributed by atoms with E-state index in [4.69, 9.17) is 11.6 Å². The molecule has 25 heavy (non-hydrogen) atoms. The second-order valence-electron chi connectivity index (χ2n) is 5.25. The zero-order valence-corrected chi connectivity index (χ0v) is 13.7. The van der Waals surface area contributed by atoms with Crippen molar-refractivity contribution in [3.05, 3.63) is 54.0 Å². The van der Waals surface area contributed by atoms with Crippen LogP contribution in [-0.2, 0) is 4.79 Å². The van der Waals surface area contributed by atoms with Gasteiger partial charge >= 0.3 is 0 Å². The van der Waals surface area contributed by atoms with Gasteiger partial charge in [0.25, 0.3) is 5.91 Å². The molecule has 0 saturated heterocycles. The number of nitrogens with one attached hydrogen (secondary N) is 3. The van der Waals surface area contributed by atoms with Gasteiger partial charge in [-0.2, -0.15) is 5.10 Å². The zero-order chi connectivity index (χ0) is 17.8. The number of nitrogens with zero attached hydrogens (tertiary/aromatic N) is 1. The second kappa shape index (κ2) is 7.31. The number of halogens is 2. The first-order chi connectivity index (χ1) is 12.1. The van der Waals surface area contributed by atoms with Gasteiger partial charge in [0.05, 0.1) is 16.6 Å². The van der Waals surface area contributed by atoms with Crippen LogP contribution in [0.3, 0.4) is 0 Å². The minimum absolute atomic E-state index is 0.126. The lowest BCUT2D eigenvalue weighted by atomic mass is 10.1. The van der Waals surface area contributed by atoms with Gasteiger partial charge in [-0.05, 0) is 36.4 Å². The summed E-state index contributed by atoms with van der Waals surface area (Å²) in [6.07, 6.45) is 0.160. The fraction of sp³-hybridized carbons (Fsp3) is 0.118. The summed E-state index contributed by atoms with van der Waals surface area (Å²) in [6, 6.07) is 10.5. The number of hydrogen-bond donors (Lipinski definition) is 3. The van der Waals surface area contributed by atoms with Gasteiger partial charge in [-0.15, -0.1) is 11.6 Å². The van der Waals surface area contributed by atoms with Crippen molar-refractivity contribution in [1.29, 1.82) is 0 Å². The predicted molar refractivity (Wildman–Crippen MR) is 94.4 cm³/mol. The standard InChI is InChI=1S/C17H14ClFN4O2/c18-9-8-14(24)21-12-2-1-3-13-15(12)16(23-22-13)17(25)20-11-6-4-10(19)5-7-11/h1-7H,8-9H2,(H,20,25)(H,21,24)(H,22,23). The number of aromatic amines is 1. The van der Waals surface area contributed by atoms with Crippen LogP contribution >= 0.6 is 11.6 Å². The number of carbonyl (C=O) groups is 2. The van der Waals surface area contributed by atoms with Crippen molar-refractivity contribution in [2.75, 3.05) is 16.5 Å². The summed E-state index contributed by atoms with van der Waals surface area (Å²) in [5.74, 6) is -0.927. The lowest BCUT2D eigenvalue weighted by Crippen LogP contribution is -2.15. The number of fused-ring (bicyclic) bond motifs is 1. The Kier molecular flexibility index (Phi) is 4.95. The van der Waals surface area contributed by atoms with Gasteiger partial charge in [0.2, 0.25) is 5.91 Å². The van der Waals surface area contributed by atoms with Crippen molar-refractivity contribution in [2.24, 2.45) is 0 Å². The van der Waals surface area contributed by atoms with Crippen molar-refractivity contribution < 1.29 is 14.0 Å². The molecule has 0 radical (unpaired) electrons. The minimum atomic E-state index is -0.475. The van der Waals surface area contributed by atoms with E-state index in [9.17, 15) is 14.0 Å². The van der Waals surface area contributed by atoms with Gasteiger partial charge in [0.15, 0.2) is 5.69 Å².